The zero-order chi connectivity index (χ0) is 18.4. The lowest BCUT2D eigenvalue weighted by Gasteiger charge is -2.25. The van der Waals surface area contributed by atoms with E-state index in [0.717, 1.165) is 25.1 Å². The van der Waals surface area contributed by atoms with Crippen molar-refractivity contribution in [3.8, 4) is 0 Å². The molecule has 2 amide bonds. The van der Waals surface area contributed by atoms with Gasteiger partial charge in [0.1, 0.15) is 5.82 Å². The van der Waals surface area contributed by atoms with E-state index >= 15 is 0 Å². The molecular weight excluding hydrogens is 321 g/mol. The van der Waals surface area contributed by atoms with E-state index in [0.29, 0.717) is 19.6 Å². The Hall–Kier alpha value is -1.95. The van der Waals surface area contributed by atoms with Crippen molar-refractivity contribution in [1.82, 2.24) is 15.1 Å². The molecule has 1 atom stereocenters. The van der Waals surface area contributed by atoms with Gasteiger partial charge in [0.25, 0.3) is 0 Å². The average Bonchev–Trinajstić information content (AvgIpc) is 2.79. The van der Waals surface area contributed by atoms with Crippen LogP contribution in [-0.4, -0.2) is 54.3 Å². The fourth-order valence-corrected chi connectivity index (χ4v) is 3.17. The standard InChI is InChI=1S/C19H28FN3O2/c1-14(2)19(16-5-7-17(20)8-6-16)21-18(25)13-22-9-4-10-23(12-11-22)15(3)24/h5-8,14,19H,4,9-13H2,1-3H3,(H,21,25). The summed E-state index contributed by atoms with van der Waals surface area (Å²) in [6.07, 6.45) is 0.873. The highest BCUT2D eigenvalue weighted by Crippen LogP contribution is 2.22. The predicted octanol–water partition coefficient (Wildman–Crippen LogP) is 2.19. The second-order valence-electron chi connectivity index (χ2n) is 6.98. The maximum Gasteiger partial charge on any atom is 0.234 e. The molecule has 0 aliphatic carbocycles. The summed E-state index contributed by atoms with van der Waals surface area (Å²) < 4.78 is 13.1. The third kappa shape index (κ3) is 5.81. The summed E-state index contributed by atoms with van der Waals surface area (Å²) >= 11 is 0. The number of amides is 2. The molecule has 1 aromatic carbocycles. The van der Waals surface area contributed by atoms with Crippen molar-refractivity contribution in [2.45, 2.75) is 33.2 Å². The number of benzene rings is 1. The van der Waals surface area contributed by atoms with Crippen LogP contribution >= 0.6 is 0 Å². The van der Waals surface area contributed by atoms with E-state index in [1.807, 2.05) is 18.7 Å². The number of nitrogens with one attached hydrogen (secondary N) is 1. The number of carbonyl (C=O) groups is 2. The molecule has 5 nitrogen and oxygen atoms in total. The van der Waals surface area contributed by atoms with Gasteiger partial charge in [0.05, 0.1) is 12.6 Å². The summed E-state index contributed by atoms with van der Waals surface area (Å²) in [6.45, 7) is 8.88. The van der Waals surface area contributed by atoms with E-state index in [1.54, 1.807) is 19.1 Å². The first-order valence-electron chi connectivity index (χ1n) is 8.89. The second kappa shape index (κ2) is 8.94. The molecule has 6 heteroatoms. The highest BCUT2D eigenvalue weighted by Gasteiger charge is 2.22. The number of hydrogen-bond acceptors (Lipinski definition) is 3. The molecule has 0 saturated carbocycles. The number of halogens is 1. The van der Waals surface area contributed by atoms with E-state index < -0.39 is 0 Å². The summed E-state index contributed by atoms with van der Waals surface area (Å²) in [5.41, 5.74) is 0.906. The van der Waals surface area contributed by atoms with Crippen LogP contribution in [-0.2, 0) is 9.59 Å². The van der Waals surface area contributed by atoms with E-state index in [-0.39, 0.29) is 29.6 Å². The summed E-state index contributed by atoms with van der Waals surface area (Å²) in [7, 11) is 0. The van der Waals surface area contributed by atoms with Gasteiger partial charge in [-0.05, 0) is 30.0 Å². The van der Waals surface area contributed by atoms with Gasteiger partial charge in [-0.15, -0.1) is 0 Å². The number of rotatable bonds is 5. The van der Waals surface area contributed by atoms with E-state index in [2.05, 4.69) is 10.2 Å². The van der Waals surface area contributed by atoms with Gasteiger partial charge < -0.3 is 10.2 Å². The molecule has 1 unspecified atom stereocenters. The molecule has 1 aliphatic rings. The Morgan fingerprint density at radius 3 is 2.40 bits per heavy atom. The van der Waals surface area contributed by atoms with Crippen molar-refractivity contribution >= 4 is 11.8 Å². The molecule has 138 valence electrons. The minimum Gasteiger partial charge on any atom is -0.348 e. The third-order valence-corrected chi connectivity index (χ3v) is 4.61. The van der Waals surface area contributed by atoms with Gasteiger partial charge in [0, 0.05) is 33.1 Å². The summed E-state index contributed by atoms with van der Waals surface area (Å²) in [5, 5.41) is 3.07. The Kier molecular flexibility index (Phi) is 6.93. The van der Waals surface area contributed by atoms with Gasteiger partial charge >= 0.3 is 0 Å². The predicted molar refractivity (Wildman–Crippen MR) is 95.4 cm³/mol. The van der Waals surface area contributed by atoms with Crippen LogP contribution in [0.2, 0.25) is 0 Å². The second-order valence-corrected chi connectivity index (χ2v) is 6.98. The van der Waals surface area contributed by atoms with Gasteiger partial charge in [0.15, 0.2) is 0 Å². The summed E-state index contributed by atoms with van der Waals surface area (Å²) in [5.74, 6) is -0.0364. The first-order valence-corrected chi connectivity index (χ1v) is 8.89. The van der Waals surface area contributed by atoms with Crippen LogP contribution in [0.25, 0.3) is 0 Å². The lowest BCUT2D eigenvalue weighted by atomic mass is 9.96. The zero-order valence-electron chi connectivity index (χ0n) is 15.3. The van der Waals surface area contributed by atoms with Crippen molar-refractivity contribution in [1.29, 1.82) is 0 Å². The van der Waals surface area contributed by atoms with Crippen molar-refractivity contribution in [2.75, 3.05) is 32.7 Å². The highest BCUT2D eigenvalue weighted by atomic mass is 19.1. The Morgan fingerprint density at radius 1 is 1.12 bits per heavy atom. The van der Waals surface area contributed by atoms with Gasteiger partial charge in [-0.2, -0.15) is 0 Å². The lowest BCUT2D eigenvalue weighted by Crippen LogP contribution is -2.41. The zero-order valence-corrected chi connectivity index (χ0v) is 15.3. The van der Waals surface area contributed by atoms with Crippen molar-refractivity contribution in [3.63, 3.8) is 0 Å². The maximum atomic E-state index is 13.1. The minimum atomic E-state index is -0.280. The number of nitrogens with zero attached hydrogens (tertiary/aromatic N) is 2. The highest BCUT2D eigenvalue weighted by molar-refractivity contribution is 5.78. The van der Waals surface area contributed by atoms with Crippen LogP contribution in [0.5, 0.6) is 0 Å². The van der Waals surface area contributed by atoms with Gasteiger partial charge in [-0.1, -0.05) is 26.0 Å². The molecule has 0 aromatic heterocycles. The Morgan fingerprint density at radius 2 is 1.80 bits per heavy atom. The molecule has 1 aliphatic heterocycles. The van der Waals surface area contributed by atoms with Crippen LogP contribution in [0.1, 0.15) is 38.8 Å². The maximum absolute atomic E-state index is 13.1. The summed E-state index contributed by atoms with van der Waals surface area (Å²) in [4.78, 5) is 27.9. The molecule has 1 saturated heterocycles. The van der Waals surface area contributed by atoms with E-state index in [9.17, 15) is 14.0 Å². The van der Waals surface area contributed by atoms with E-state index in [4.69, 9.17) is 0 Å². The molecule has 1 heterocycles. The molecular formula is C19H28FN3O2. The summed E-state index contributed by atoms with van der Waals surface area (Å²) in [6, 6.07) is 6.13. The fourth-order valence-electron chi connectivity index (χ4n) is 3.17. The van der Waals surface area contributed by atoms with Crippen molar-refractivity contribution in [3.05, 3.63) is 35.6 Å². The lowest BCUT2D eigenvalue weighted by molar-refractivity contribution is -0.128. The average molecular weight is 349 g/mol. The monoisotopic (exact) mass is 349 g/mol. The smallest absolute Gasteiger partial charge is 0.234 e. The third-order valence-electron chi connectivity index (χ3n) is 4.61. The topological polar surface area (TPSA) is 52.7 Å². The Balaban J connectivity index is 1.93. The molecule has 0 spiro atoms. The first kappa shape index (κ1) is 19.4. The van der Waals surface area contributed by atoms with Crippen LogP contribution < -0.4 is 5.32 Å². The van der Waals surface area contributed by atoms with Gasteiger partial charge in [0.2, 0.25) is 11.8 Å². The Bertz CT molecular complexity index is 589. The molecule has 0 radical (unpaired) electrons. The quantitative estimate of drug-likeness (QED) is 0.887. The van der Waals surface area contributed by atoms with Gasteiger partial charge in [-0.25, -0.2) is 4.39 Å². The molecule has 0 bridgehead atoms. The van der Waals surface area contributed by atoms with E-state index in [1.165, 1.54) is 12.1 Å². The molecule has 1 aromatic rings. The molecule has 1 fully saturated rings. The van der Waals surface area contributed by atoms with Crippen LogP contribution in [0, 0.1) is 11.7 Å². The van der Waals surface area contributed by atoms with Crippen LogP contribution in [0.3, 0.4) is 0 Å². The largest absolute Gasteiger partial charge is 0.348 e. The minimum absolute atomic E-state index is 0.0423. The van der Waals surface area contributed by atoms with Crippen molar-refractivity contribution < 1.29 is 14.0 Å². The van der Waals surface area contributed by atoms with Gasteiger partial charge in [-0.3, -0.25) is 14.5 Å². The Labute approximate surface area is 149 Å². The normalized spacial score (nSPS) is 17.2. The number of carbonyl (C=O) groups excluding carboxylic acids is 2. The molecule has 25 heavy (non-hydrogen) atoms. The SMILES string of the molecule is CC(=O)N1CCCN(CC(=O)NC(c2ccc(F)cc2)C(C)C)CC1. The molecule has 2 rings (SSSR count). The van der Waals surface area contributed by atoms with Crippen LogP contribution in [0.15, 0.2) is 24.3 Å². The van der Waals surface area contributed by atoms with Crippen molar-refractivity contribution in [2.24, 2.45) is 5.92 Å². The first-order chi connectivity index (χ1) is 11.9. The van der Waals surface area contributed by atoms with Crippen LogP contribution in [0.4, 0.5) is 4.39 Å². The molecule has 1 N–H and O–H groups in total. The fraction of sp³-hybridized carbons (Fsp3) is 0.579. The number of hydrogen-bond donors (Lipinski definition) is 1.